The van der Waals surface area contributed by atoms with Gasteiger partial charge in [0.15, 0.2) is 0 Å². The number of aromatic nitrogens is 1. The summed E-state index contributed by atoms with van der Waals surface area (Å²) in [5.74, 6) is 5.94. The Hall–Kier alpha value is -2.80. The molecule has 0 unspecified atom stereocenters. The van der Waals surface area contributed by atoms with Gasteiger partial charge in [0.05, 0.1) is 0 Å². The molecule has 0 atom stereocenters. The standard InChI is InChI=1S/C17H16N2O2/c20-17(21-14-16-8-2-1-3-9-16)19-12-5-4-7-15-10-6-11-18-13-15/h1-3,6,8-11,13H,5,12,14H2,(H,19,20). The number of hydrogen-bond donors (Lipinski definition) is 1. The summed E-state index contributed by atoms with van der Waals surface area (Å²) < 4.78 is 5.08. The van der Waals surface area contributed by atoms with E-state index in [1.807, 2.05) is 42.5 Å². The number of pyridine rings is 1. The summed E-state index contributed by atoms with van der Waals surface area (Å²) in [6.07, 6.45) is 3.54. The summed E-state index contributed by atoms with van der Waals surface area (Å²) in [6, 6.07) is 13.3. The first kappa shape index (κ1) is 14.6. The smallest absolute Gasteiger partial charge is 0.407 e. The average molecular weight is 280 g/mol. The molecule has 0 aliphatic heterocycles. The molecule has 1 aromatic carbocycles. The first-order chi connectivity index (χ1) is 10.3. The zero-order chi connectivity index (χ0) is 14.8. The molecule has 0 radical (unpaired) electrons. The van der Waals surface area contributed by atoms with Crippen molar-refractivity contribution in [2.45, 2.75) is 13.0 Å². The third kappa shape index (κ3) is 5.79. The van der Waals surface area contributed by atoms with Gasteiger partial charge in [0.2, 0.25) is 0 Å². The van der Waals surface area contributed by atoms with E-state index < -0.39 is 6.09 Å². The summed E-state index contributed by atoms with van der Waals surface area (Å²) in [6.45, 7) is 0.731. The number of nitrogens with one attached hydrogen (secondary N) is 1. The lowest BCUT2D eigenvalue weighted by atomic mass is 10.2. The van der Waals surface area contributed by atoms with E-state index in [2.05, 4.69) is 22.1 Å². The predicted octanol–water partition coefficient (Wildman–Crippen LogP) is 2.75. The number of benzene rings is 1. The molecule has 1 heterocycles. The third-order valence-corrected chi connectivity index (χ3v) is 2.63. The van der Waals surface area contributed by atoms with Crippen molar-refractivity contribution in [1.29, 1.82) is 0 Å². The molecule has 21 heavy (non-hydrogen) atoms. The van der Waals surface area contributed by atoms with Gasteiger partial charge < -0.3 is 10.1 Å². The summed E-state index contributed by atoms with van der Waals surface area (Å²) in [7, 11) is 0. The molecule has 0 saturated carbocycles. The number of carbonyl (C=O) groups is 1. The summed E-state index contributed by atoms with van der Waals surface area (Å²) in [5.41, 5.74) is 1.83. The highest BCUT2D eigenvalue weighted by molar-refractivity contribution is 5.67. The van der Waals surface area contributed by atoms with Crippen LogP contribution < -0.4 is 5.32 Å². The van der Waals surface area contributed by atoms with E-state index in [1.165, 1.54) is 0 Å². The van der Waals surface area contributed by atoms with Gasteiger partial charge in [0, 0.05) is 30.9 Å². The Morgan fingerprint density at radius 3 is 2.81 bits per heavy atom. The SMILES string of the molecule is O=C(NCCC#Cc1cccnc1)OCc1ccccc1. The Kier molecular flexibility index (Phi) is 5.83. The maximum atomic E-state index is 11.5. The molecule has 1 N–H and O–H groups in total. The minimum atomic E-state index is -0.429. The third-order valence-electron chi connectivity index (χ3n) is 2.63. The fourth-order valence-corrected chi connectivity index (χ4v) is 1.60. The van der Waals surface area contributed by atoms with Crippen LogP contribution in [0.25, 0.3) is 0 Å². The first-order valence-corrected chi connectivity index (χ1v) is 6.68. The van der Waals surface area contributed by atoms with Gasteiger partial charge >= 0.3 is 6.09 Å². The molecule has 1 aromatic heterocycles. The zero-order valence-corrected chi connectivity index (χ0v) is 11.6. The molecule has 0 spiro atoms. The Balaban J connectivity index is 1.63. The molecule has 4 nitrogen and oxygen atoms in total. The Morgan fingerprint density at radius 2 is 2.05 bits per heavy atom. The highest BCUT2D eigenvalue weighted by Gasteiger charge is 2.00. The van der Waals surface area contributed by atoms with Crippen LogP contribution in [0, 0.1) is 11.8 Å². The molecule has 4 heteroatoms. The normalized spacial score (nSPS) is 9.33. The van der Waals surface area contributed by atoms with Gasteiger partial charge in [-0.2, -0.15) is 0 Å². The highest BCUT2D eigenvalue weighted by Crippen LogP contribution is 2.00. The zero-order valence-electron chi connectivity index (χ0n) is 11.6. The molecule has 0 saturated heterocycles. The lowest BCUT2D eigenvalue weighted by Gasteiger charge is -2.05. The molecule has 0 bridgehead atoms. The van der Waals surface area contributed by atoms with E-state index in [4.69, 9.17) is 4.74 Å². The van der Waals surface area contributed by atoms with Gasteiger partial charge in [-0.3, -0.25) is 4.98 Å². The van der Waals surface area contributed by atoms with Gasteiger partial charge in [-0.05, 0) is 17.7 Å². The Labute approximate surface area is 124 Å². The number of ether oxygens (including phenoxy) is 1. The van der Waals surface area contributed by atoms with E-state index in [1.54, 1.807) is 12.4 Å². The first-order valence-electron chi connectivity index (χ1n) is 6.68. The molecule has 106 valence electrons. The molecule has 1 amide bonds. The number of alkyl carbamates (subject to hydrolysis) is 1. The van der Waals surface area contributed by atoms with E-state index in [0.717, 1.165) is 11.1 Å². The van der Waals surface area contributed by atoms with Crippen LogP contribution in [-0.2, 0) is 11.3 Å². The second-order valence-electron chi connectivity index (χ2n) is 4.28. The van der Waals surface area contributed by atoms with Crippen LogP contribution >= 0.6 is 0 Å². The average Bonchev–Trinajstić information content (AvgIpc) is 2.54. The molecule has 2 aromatic rings. The Bertz CT molecular complexity index is 615. The van der Waals surface area contributed by atoms with Crippen molar-refractivity contribution in [3.8, 4) is 11.8 Å². The second-order valence-corrected chi connectivity index (χ2v) is 4.28. The topological polar surface area (TPSA) is 51.2 Å². The van der Waals surface area contributed by atoms with E-state index in [9.17, 15) is 4.79 Å². The number of hydrogen-bond acceptors (Lipinski definition) is 3. The molecule has 0 fully saturated rings. The molecule has 2 rings (SSSR count). The number of amides is 1. The monoisotopic (exact) mass is 280 g/mol. The van der Waals surface area contributed by atoms with E-state index in [0.29, 0.717) is 13.0 Å². The molecular formula is C17H16N2O2. The Morgan fingerprint density at radius 1 is 1.19 bits per heavy atom. The van der Waals surface area contributed by atoms with Crippen LogP contribution in [0.15, 0.2) is 54.9 Å². The lowest BCUT2D eigenvalue weighted by Crippen LogP contribution is -2.24. The van der Waals surface area contributed by atoms with Crippen molar-refractivity contribution in [3.63, 3.8) is 0 Å². The van der Waals surface area contributed by atoms with Crippen LogP contribution in [0.3, 0.4) is 0 Å². The largest absolute Gasteiger partial charge is 0.445 e. The lowest BCUT2D eigenvalue weighted by molar-refractivity contribution is 0.140. The summed E-state index contributed by atoms with van der Waals surface area (Å²) >= 11 is 0. The van der Waals surface area contributed by atoms with Gasteiger partial charge in [0.1, 0.15) is 6.61 Å². The van der Waals surface area contributed by atoms with Crippen molar-refractivity contribution in [2.75, 3.05) is 6.54 Å². The van der Waals surface area contributed by atoms with Gasteiger partial charge in [-0.1, -0.05) is 42.2 Å². The van der Waals surface area contributed by atoms with Crippen molar-refractivity contribution in [3.05, 3.63) is 66.0 Å². The van der Waals surface area contributed by atoms with Crippen LogP contribution in [0.1, 0.15) is 17.5 Å². The van der Waals surface area contributed by atoms with Crippen LogP contribution in [0.2, 0.25) is 0 Å². The van der Waals surface area contributed by atoms with Gasteiger partial charge in [0.25, 0.3) is 0 Å². The molecule has 0 aliphatic rings. The van der Waals surface area contributed by atoms with Crippen molar-refractivity contribution in [1.82, 2.24) is 10.3 Å². The second kappa shape index (κ2) is 8.39. The van der Waals surface area contributed by atoms with Crippen molar-refractivity contribution < 1.29 is 9.53 Å². The number of rotatable bonds is 4. The quantitative estimate of drug-likeness (QED) is 0.692. The maximum Gasteiger partial charge on any atom is 0.407 e. The predicted molar refractivity (Wildman–Crippen MR) is 80.4 cm³/mol. The molecular weight excluding hydrogens is 264 g/mol. The number of nitrogens with zero attached hydrogens (tertiary/aromatic N) is 1. The fourth-order valence-electron chi connectivity index (χ4n) is 1.60. The molecule has 0 aliphatic carbocycles. The highest BCUT2D eigenvalue weighted by atomic mass is 16.5. The minimum Gasteiger partial charge on any atom is -0.445 e. The minimum absolute atomic E-state index is 0.272. The summed E-state index contributed by atoms with van der Waals surface area (Å²) in [5, 5.41) is 2.66. The summed E-state index contributed by atoms with van der Waals surface area (Å²) in [4.78, 5) is 15.4. The van der Waals surface area contributed by atoms with Gasteiger partial charge in [-0.15, -0.1) is 0 Å². The van der Waals surface area contributed by atoms with Crippen LogP contribution in [0.4, 0.5) is 4.79 Å². The van der Waals surface area contributed by atoms with E-state index >= 15 is 0 Å². The van der Waals surface area contributed by atoms with Crippen LogP contribution in [-0.4, -0.2) is 17.6 Å². The van der Waals surface area contributed by atoms with E-state index in [-0.39, 0.29) is 6.61 Å². The van der Waals surface area contributed by atoms with Crippen LogP contribution in [0.5, 0.6) is 0 Å². The van der Waals surface area contributed by atoms with Gasteiger partial charge in [-0.25, -0.2) is 4.79 Å². The maximum absolute atomic E-state index is 11.5. The van der Waals surface area contributed by atoms with Crippen molar-refractivity contribution >= 4 is 6.09 Å². The fraction of sp³-hybridized carbons (Fsp3) is 0.176. The number of carbonyl (C=O) groups excluding carboxylic acids is 1. The van der Waals surface area contributed by atoms with Crippen molar-refractivity contribution in [2.24, 2.45) is 0 Å².